The number of carbonyl (C=O) groups is 2. The Balaban J connectivity index is 1.56. The van der Waals surface area contributed by atoms with Gasteiger partial charge in [0.05, 0.1) is 4.88 Å². The quantitative estimate of drug-likeness (QED) is 0.534. The Bertz CT molecular complexity index is 899. The van der Waals surface area contributed by atoms with Crippen LogP contribution in [0.25, 0.3) is 17.4 Å². The van der Waals surface area contributed by atoms with Gasteiger partial charge < -0.3 is 4.42 Å². The van der Waals surface area contributed by atoms with E-state index >= 15 is 0 Å². The third-order valence-corrected chi connectivity index (χ3v) is 4.32. The minimum absolute atomic E-state index is 0.361. The molecule has 0 unspecified atom stereocenters. The Labute approximate surface area is 152 Å². The van der Waals surface area contributed by atoms with Crippen molar-refractivity contribution in [3.05, 3.63) is 75.6 Å². The van der Waals surface area contributed by atoms with Crippen molar-refractivity contribution in [3.8, 4) is 11.3 Å². The normalized spacial score (nSPS) is 10.8. The second-order valence-corrected chi connectivity index (χ2v) is 6.35. The van der Waals surface area contributed by atoms with Gasteiger partial charge in [0, 0.05) is 16.7 Å². The summed E-state index contributed by atoms with van der Waals surface area (Å²) >= 11 is 7.15. The van der Waals surface area contributed by atoms with Crippen LogP contribution in [-0.4, -0.2) is 11.8 Å². The lowest BCUT2D eigenvalue weighted by molar-refractivity contribution is -0.117. The Morgan fingerprint density at radius 1 is 1.04 bits per heavy atom. The maximum Gasteiger partial charge on any atom is 0.279 e. The van der Waals surface area contributed by atoms with Gasteiger partial charge in [0.1, 0.15) is 11.5 Å². The Morgan fingerprint density at radius 3 is 2.56 bits per heavy atom. The first-order valence-electron chi connectivity index (χ1n) is 7.29. The molecule has 0 bridgehead atoms. The molecule has 2 N–H and O–H groups in total. The zero-order valence-corrected chi connectivity index (χ0v) is 14.4. The van der Waals surface area contributed by atoms with E-state index in [1.165, 1.54) is 23.5 Å². The highest BCUT2D eigenvalue weighted by molar-refractivity contribution is 7.12. The summed E-state index contributed by atoms with van der Waals surface area (Å²) in [4.78, 5) is 24.0. The molecule has 0 spiro atoms. The van der Waals surface area contributed by atoms with Crippen molar-refractivity contribution in [3.63, 3.8) is 0 Å². The summed E-state index contributed by atoms with van der Waals surface area (Å²) in [6.07, 6.45) is 2.80. The van der Waals surface area contributed by atoms with Crippen molar-refractivity contribution in [2.75, 3.05) is 0 Å². The molecule has 0 saturated heterocycles. The smallest absolute Gasteiger partial charge is 0.279 e. The molecule has 25 heavy (non-hydrogen) atoms. The summed E-state index contributed by atoms with van der Waals surface area (Å²) in [7, 11) is 0. The summed E-state index contributed by atoms with van der Waals surface area (Å²) in [6.45, 7) is 0. The average Bonchev–Trinajstić information content (AvgIpc) is 3.30. The van der Waals surface area contributed by atoms with Gasteiger partial charge >= 0.3 is 0 Å². The number of halogens is 1. The number of rotatable bonds is 4. The molecule has 0 radical (unpaired) electrons. The van der Waals surface area contributed by atoms with Crippen molar-refractivity contribution in [2.24, 2.45) is 0 Å². The number of benzene rings is 1. The molecule has 0 aliphatic rings. The van der Waals surface area contributed by atoms with Gasteiger partial charge in [-0.2, -0.15) is 0 Å². The fraction of sp³-hybridized carbons (Fsp3) is 0. The Hall–Kier alpha value is -2.83. The van der Waals surface area contributed by atoms with Crippen molar-refractivity contribution in [2.45, 2.75) is 0 Å². The van der Waals surface area contributed by atoms with Gasteiger partial charge in [-0.15, -0.1) is 11.3 Å². The molecule has 0 fully saturated rings. The molecule has 7 heteroatoms. The third kappa shape index (κ3) is 4.59. The molecule has 2 amide bonds. The largest absolute Gasteiger partial charge is 0.457 e. The van der Waals surface area contributed by atoms with Crippen molar-refractivity contribution >= 4 is 40.8 Å². The van der Waals surface area contributed by atoms with Crippen LogP contribution in [0.1, 0.15) is 15.4 Å². The molecule has 3 aromatic rings. The van der Waals surface area contributed by atoms with Crippen LogP contribution >= 0.6 is 22.9 Å². The summed E-state index contributed by atoms with van der Waals surface area (Å²) in [5.41, 5.74) is 5.53. The van der Waals surface area contributed by atoms with Crippen molar-refractivity contribution < 1.29 is 14.0 Å². The van der Waals surface area contributed by atoms with Gasteiger partial charge in [0.15, 0.2) is 0 Å². The van der Waals surface area contributed by atoms with E-state index in [-0.39, 0.29) is 5.91 Å². The second-order valence-electron chi connectivity index (χ2n) is 4.96. The highest BCUT2D eigenvalue weighted by Gasteiger charge is 2.07. The average molecular weight is 373 g/mol. The lowest BCUT2D eigenvalue weighted by Crippen LogP contribution is -2.40. The first-order valence-corrected chi connectivity index (χ1v) is 8.55. The molecular formula is C18H13ClN2O3S. The standard InChI is InChI=1S/C18H13ClN2O3S/c19-13-5-3-12(4-6-13)15-9-7-14(24-15)8-10-17(22)20-21-18(23)16-2-1-11-25-16/h1-11H,(H,20,22)(H,21,23). The summed E-state index contributed by atoms with van der Waals surface area (Å²) < 4.78 is 5.65. The first kappa shape index (κ1) is 17.0. The van der Waals surface area contributed by atoms with Gasteiger partial charge in [-0.1, -0.05) is 17.7 Å². The number of hydrazine groups is 1. The summed E-state index contributed by atoms with van der Waals surface area (Å²) in [5.74, 6) is 0.363. The van der Waals surface area contributed by atoms with Crippen LogP contribution in [0.4, 0.5) is 0 Å². The van der Waals surface area contributed by atoms with Crippen LogP contribution in [0.15, 0.2) is 64.4 Å². The zero-order chi connectivity index (χ0) is 17.6. The number of hydrogen-bond acceptors (Lipinski definition) is 4. The topological polar surface area (TPSA) is 71.3 Å². The molecule has 0 aliphatic carbocycles. The highest BCUT2D eigenvalue weighted by Crippen LogP contribution is 2.24. The molecule has 126 valence electrons. The second kappa shape index (κ2) is 7.83. The number of nitrogens with one attached hydrogen (secondary N) is 2. The summed E-state index contributed by atoms with van der Waals surface area (Å²) in [5, 5.41) is 2.43. The number of furan rings is 1. The van der Waals surface area contributed by atoms with Crippen molar-refractivity contribution in [1.82, 2.24) is 10.9 Å². The van der Waals surface area contributed by atoms with Gasteiger partial charge in [0.25, 0.3) is 11.8 Å². The van der Waals surface area contributed by atoms with Gasteiger partial charge in [-0.3, -0.25) is 20.4 Å². The molecule has 1 aromatic carbocycles. The highest BCUT2D eigenvalue weighted by atomic mass is 35.5. The first-order chi connectivity index (χ1) is 12.1. The van der Waals surface area contributed by atoms with Gasteiger partial charge in [-0.05, 0) is 53.9 Å². The maximum absolute atomic E-state index is 11.7. The lowest BCUT2D eigenvalue weighted by Gasteiger charge is -2.02. The van der Waals surface area contributed by atoms with E-state index in [0.29, 0.717) is 21.4 Å². The van der Waals surface area contributed by atoms with E-state index in [2.05, 4.69) is 10.9 Å². The fourth-order valence-corrected chi connectivity index (χ4v) is 2.74. The number of thiophene rings is 1. The van der Waals surface area contributed by atoms with E-state index < -0.39 is 5.91 Å². The lowest BCUT2D eigenvalue weighted by atomic mass is 10.2. The predicted octanol–water partition coefficient (Wildman–Crippen LogP) is 4.14. The van der Waals surface area contributed by atoms with E-state index in [0.717, 1.165) is 5.56 Å². The van der Waals surface area contributed by atoms with Gasteiger partial charge in [-0.25, -0.2) is 0 Å². The number of carbonyl (C=O) groups excluding carboxylic acids is 2. The molecule has 2 heterocycles. The minimum atomic E-state index is -0.464. The minimum Gasteiger partial charge on any atom is -0.457 e. The van der Waals surface area contributed by atoms with Crippen LogP contribution in [0.5, 0.6) is 0 Å². The molecule has 0 saturated carbocycles. The van der Waals surface area contributed by atoms with Crippen LogP contribution in [-0.2, 0) is 4.79 Å². The van der Waals surface area contributed by atoms with Crippen LogP contribution in [0, 0.1) is 0 Å². The molecular weight excluding hydrogens is 360 g/mol. The third-order valence-electron chi connectivity index (χ3n) is 3.20. The van der Waals surface area contributed by atoms with Crippen molar-refractivity contribution in [1.29, 1.82) is 0 Å². The molecule has 2 aromatic heterocycles. The number of hydrogen-bond donors (Lipinski definition) is 2. The monoisotopic (exact) mass is 372 g/mol. The number of amides is 2. The van der Waals surface area contributed by atoms with E-state index in [9.17, 15) is 9.59 Å². The molecule has 0 aliphatic heterocycles. The fourth-order valence-electron chi connectivity index (χ4n) is 2.00. The van der Waals surface area contributed by atoms with E-state index in [1.807, 2.05) is 12.1 Å². The van der Waals surface area contributed by atoms with Crippen LogP contribution in [0.3, 0.4) is 0 Å². The SMILES string of the molecule is O=C(C=Cc1ccc(-c2ccc(Cl)cc2)o1)NNC(=O)c1cccs1. The van der Waals surface area contributed by atoms with E-state index in [1.54, 1.807) is 41.8 Å². The van der Waals surface area contributed by atoms with Gasteiger partial charge in [0.2, 0.25) is 0 Å². The maximum atomic E-state index is 11.7. The van der Waals surface area contributed by atoms with E-state index in [4.69, 9.17) is 16.0 Å². The van der Waals surface area contributed by atoms with Crippen LogP contribution in [0.2, 0.25) is 5.02 Å². The molecule has 5 nitrogen and oxygen atoms in total. The Kier molecular flexibility index (Phi) is 5.33. The molecule has 3 rings (SSSR count). The molecule has 0 atom stereocenters. The Morgan fingerprint density at radius 2 is 1.84 bits per heavy atom. The summed E-state index contributed by atoms with van der Waals surface area (Å²) in [6, 6.07) is 14.2. The van der Waals surface area contributed by atoms with Crippen LogP contribution < -0.4 is 10.9 Å². The zero-order valence-electron chi connectivity index (χ0n) is 12.9. The predicted molar refractivity (Wildman–Crippen MR) is 98.1 cm³/mol.